The Kier molecular flexibility index (Phi) is 2.54. The molecule has 13 heavy (non-hydrogen) atoms. The molecule has 70 valence electrons. The van der Waals surface area contributed by atoms with E-state index >= 15 is 0 Å². The van der Waals surface area contributed by atoms with E-state index in [0.717, 1.165) is 13.1 Å². The van der Waals surface area contributed by atoms with Crippen LogP contribution in [0, 0.1) is 5.92 Å². The van der Waals surface area contributed by atoms with Crippen LogP contribution in [0.1, 0.15) is 11.5 Å². The highest BCUT2D eigenvalue weighted by molar-refractivity contribution is 5.19. The van der Waals surface area contributed by atoms with E-state index in [9.17, 15) is 4.39 Å². The molecule has 0 spiro atoms. The second kappa shape index (κ2) is 3.83. The highest BCUT2D eigenvalue weighted by atomic mass is 19.1. The lowest BCUT2D eigenvalue weighted by Crippen LogP contribution is -2.12. The Morgan fingerprint density at radius 1 is 1.38 bits per heavy atom. The zero-order valence-corrected chi connectivity index (χ0v) is 7.41. The predicted molar refractivity (Wildman–Crippen MR) is 49.3 cm³/mol. The van der Waals surface area contributed by atoms with Gasteiger partial charge in [0.05, 0.1) is 6.67 Å². The van der Waals surface area contributed by atoms with Gasteiger partial charge in [0, 0.05) is 37.3 Å². The van der Waals surface area contributed by atoms with Crippen molar-refractivity contribution in [1.29, 1.82) is 0 Å². The number of rotatable bonds is 2. The van der Waals surface area contributed by atoms with E-state index in [0.29, 0.717) is 5.92 Å². The molecule has 0 aliphatic carbocycles. The van der Waals surface area contributed by atoms with Gasteiger partial charge < -0.3 is 5.32 Å². The van der Waals surface area contributed by atoms with E-state index in [1.165, 1.54) is 5.56 Å². The summed E-state index contributed by atoms with van der Waals surface area (Å²) in [5.74, 6) is 0.468. The molecule has 2 rings (SSSR count). The minimum atomic E-state index is -0.236. The lowest BCUT2D eigenvalue weighted by atomic mass is 9.91. The maximum absolute atomic E-state index is 12.6. The van der Waals surface area contributed by atoms with Crippen molar-refractivity contribution >= 4 is 0 Å². The number of nitrogens with one attached hydrogen (secondary N) is 1. The van der Waals surface area contributed by atoms with Gasteiger partial charge in [-0.25, -0.2) is 0 Å². The third kappa shape index (κ3) is 1.70. The Morgan fingerprint density at radius 3 is 2.85 bits per heavy atom. The van der Waals surface area contributed by atoms with E-state index in [4.69, 9.17) is 0 Å². The molecule has 2 atom stereocenters. The van der Waals surface area contributed by atoms with Gasteiger partial charge in [-0.1, -0.05) is 0 Å². The van der Waals surface area contributed by atoms with Gasteiger partial charge in [0.2, 0.25) is 0 Å². The van der Waals surface area contributed by atoms with E-state index < -0.39 is 0 Å². The van der Waals surface area contributed by atoms with Crippen LogP contribution < -0.4 is 5.32 Å². The molecule has 1 aromatic heterocycles. The van der Waals surface area contributed by atoms with Crippen LogP contribution in [0.15, 0.2) is 24.5 Å². The number of halogens is 1. The summed E-state index contributed by atoms with van der Waals surface area (Å²) in [7, 11) is 0. The summed E-state index contributed by atoms with van der Waals surface area (Å²) >= 11 is 0. The number of aromatic nitrogens is 1. The molecule has 2 heterocycles. The van der Waals surface area contributed by atoms with Crippen LogP contribution in [0.2, 0.25) is 0 Å². The standard InChI is InChI=1S/C10H13FN2/c11-5-9-6-13-7-10(9)8-1-3-12-4-2-8/h1-4,9-10,13H,5-7H2/t9-,10+/m0/s1. The van der Waals surface area contributed by atoms with Gasteiger partial charge in [-0.15, -0.1) is 0 Å². The largest absolute Gasteiger partial charge is 0.316 e. The fourth-order valence-corrected chi connectivity index (χ4v) is 1.90. The van der Waals surface area contributed by atoms with Crippen LogP contribution in [0.5, 0.6) is 0 Å². The first-order valence-corrected chi connectivity index (χ1v) is 4.58. The number of nitrogens with zero attached hydrogens (tertiary/aromatic N) is 1. The van der Waals surface area contributed by atoms with Crippen molar-refractivity contribution in [3.63, 3.8) is 0 Å². The second-order valence-corrected chi connectivity index (χ2v) is 3.46. The van der Waals surface area contributed by atoms with Gasteiger partial charge in [0.1, 0.15) is 0 Å². The molecule has 2 nitrogen and oxygen atoms in total. The number of hydrogen-bond donors (Lipinski definition) is 1. The highest BCUT2D eigenvalue weighted by Crippen LogP contribution is 2.27. The highest BCUT2D eigenvalue weighted by Gasteiger charge is 2.27. The minimum Gasteiger partial charge on any atom is -0.316 e. The molecule has 0 aromatic carbocycles. The van der Waals surface area contributed by atoms with Crippen molar-refractivity contribution in [3.8, 4) is 0 Å². The average molecular weight is 180 g/mol. The van der Waals surface area contributed by atoms with Crippen molar-refractivity contribution in [3.05, 3.63) is 30.1 Å². The topological polar surface area (TPSA) is 24.9 Å². The Morgan fingerprint density at radius 2 is 2.15 bits per heavy atom. The first-order valence-electron chi connectivity index (χ1n) is 4.58. The molecule has 1 aliphatic heterocycles. The minimum absolute atomic E-state index is 0.141. The summed E-state index contributed by atoms with van der Waals surface area (Å²) < 4.78 is 12.6. The fraction of sp³-hybridized carbons (Fsp3) is 0.500. The van der Waals surface area contributed by atoms with Crippen molar-refractivity contribution in [2.45, 2.75) is 5.92 Å². The van der Waals surface area contributed by atoms with E-state index in [-0.39, 0.29) is 12.6 Å². The monoisotopic (exact) mass is 180 g/mol. The molecular weight excluding hydrogens is 167 g/mol. The van der Waals surface area contributed by atoms with Crippen LogP contribution in [-0.2, 0) is 0 Å². The Labute approximate surface area is 77.2 Å². The third-order valence-corrected chi connectivity index (χ3v) is 2.67. The molecule has 1 fully saturated rings. The van der Waals surface area contributed by atoms with Gasteiger partial charge in [0.15, 0.2) is 0 Å². The zero-order chi connectivity index (χ0) is 9.10. The van der Waals surface area contributed by atoms with Crippen LogP contribution in [0.25, 0.3) is 0 Å². The van der Waals surface area contributed by atoms with E-state index in [2.05, 4.69) is 10.3 Å². The summed E-state index contributed by atoms with van der Waals surface area (Å²) in [5, 5.41) is 3.21. The van der Waals surface area contributed by atoms with Crippen LogP contribution in [-0.4, -0.2) is 24.7 Å². The Balaban J connectivity index is 2.16. The van der Waals surface area contributed by atoms with Crippen LogP contribution >= 0.6 is 0 Å². The quantitative estimate of drug-likeness (QED) is 0.743. The summed E-state index contributed by atoms with van der Waals surface area (Å²) in [5.41, 5.74) is 1.20. The molecule has 1 saturated heterocycles. The number of alkyl halides is 1. The summed E-state index contributed by atoms with van der Waals surface area (Å²) in [4.78, 5) is 3.95. The molecular formula is C10H13FN2. The van der Waals surface area contributed by atoms with Gasteiger partial charge in [-0.05, 0) is 17.7 Å². The molecule has 1 aliphatic rings. The fourth-order valence-electron chi connectivity index (χ4n) is 1.90. The molecule has 0 bridgehead atoms. The molecule has 1 aromatic rings. The summed E-state index contributed by atoms with van der Waals surface area (Å²) in [6.45, 7) is 1.45. The van der Waals surface area contributed by atoms with Gasteiger partial charge >= 0.3 is 0 Å². The number of hydrogen-bond acceptors (Lipinski definition) is 2. The summed E-state index contributed by atoms with van der Waals surface area (Å²) in [6.07, 6.45) is 3.53. The van der Waals surface area contributed by atoms with Gasteiger partial charge in [-0.3, -0.25) is 9.37 Å². The second-order valence-electron chi connectivity index (χ2n) is 3.46. The lowest BCUT2D eigenvalue weighted by molar-refractivity contribution is 0.358. The van der Waals surface area contributed by atoms with E-state index in [1.807, 2.05) is 12.1 Å². The average Bonchev–Trinajstić information content (AvgIpc) is 2.67. The molecule has 1 N–H and O–H groups in total. The van der Waals surface area contributed by atoms with Crippen molar-refractivity contribution in [2.24, 2.45) is 5.92 Å². The van der Waals surface area contributed by atoms with Crippen molar-refractivity contribution < 1.29 is 4.39 Å². The molecule has 0 amide bonds. The normalized spacial score (nSPS) is 27.8. The smallest absolute Gasteiger partial charge is 0.0941 e. The van der Waals surface area contributed by atoms with Crippen molar-refractivity contribution in [2.75, 3.05) is 19.8 Å². The summed E-state index contributed by atoms with van der Waals surface area (Å²) in [6, 6.07) is 3.95. The van der Waals surface area contributed by atoms with Crippen molar-refractivity contribution in [1.82, 2.24) is 10.3 Å². The molecule has 0 unspecified atom stereocenters. The Hall–Kier alpha value is -0.960. The van der Waals surface area contributed by atoms with Gasteiger partial charge in [-0.2, -0.15) is 0 Å². The zero-order valence-electron chi connectivity index (χ0n) is 7.41. The van der Waals surface area contributed by atoms with Gasteiger partial charge in [0.25, 0.3) is 0 Å². The van der Waals surface area contributed by atoms with Crippen LogP contribution in [0.4, 0.5) is 4.39 Å². The maximum Gasteiger partial charge on any atom is 0.0941 e. The Bertz CT molecular complexity index is 263. The molecule has 0 radical (unpaired) electrons. The molecule has 0 saturated carbocycles. The van der Waals surface area contributed by atoms with E-state index in [1.54, 1.807) is 12.4 Å². The maximum atomic E-state index is 12.6. The van der Waals surface area contributed by atoms with Crippen LogP contribution in [0.3, 0.4) is 0 Å². The lowest BCUT2D eigenvalue weighted by Gasteiger charge is -2.14. The third-order valence-electron chi connectivity index (χ3n) is 2.67. The number of pyridine rings is 1. The SMILES string of the molecule is FC[C@H]1CNC[C@@H]1c1ccncc1. The molecule has 3 heteroatoms. The first kappa shape index (κ1) is 8.63. The predicted octanol–water partition coefficient (Wildman–Crippen LogP) is 1.35. The first-order chi connectivity index (χ1) is 6.42.